The Morgan fingerprint density at radius 3 is 2.05 bits per heavy atom. The molecule has 1 heterocycles. The Morgan fingerprint density at radius 1 is 1.16 bits per heavy atom. The molecule has 0 atom stereocenters. The lowest BCUT2D eigenvalue weighted by atomic mass is 9.96. The molecule has 1 saturated heterocycles. The summed E-state index contributed by atoms with van der Waals surface area (Å²) in [7, 11) is -3.11. The molecule has 0 aromatic rings. The van der Waals surface area contributed by atoms with E-state index in [1.165, 1.54) is 10.6 Å². The minimum Gasteiger partial charge on any atom is -0.337 e. The highest BCUT2D eigenvalue weighted by atomic mass is 32.2. The van der Waals surface area contributed by atoms with Crippen molar-refractivity contribution in [3.05, 3.63) is 0 Å². The van der Waals surface area contributed by atoms with Crippen LogP contribution in [0, 0.1) is 5.92 Å². The van der Waals surface area contributed by atoms with Crippen LogP contribution >= 0.6 is 0 Å². The van der Waals surface area contributed by atoms with Gasteiger partial charge in [0, 0.05) is 31.1 Å². The predicted molar refractivity (Wildman–Crippen MR) is 74.1 cm³/mol. The Labute approximate surface area is 116 Å². The lowest BCUT2D eigenvalue weighted by Crippen LogP contribution is -2.47. The maximum Gasteiger partial charge on any atom is 0.226 e. The average Bonchev–Trinajstić information content (AvgIpc) is 3.12. The van der Waals surface area contributed by atoms with Gasteiger partial charge in [0.1, 0.15) is 0 Å². The second-order valence-corrected chi connectivity index (χ2v) is 7.99. The molecule has 0 bridgehead atoms. The summed E-state index contributed by atoms with van der Waals surface area (Å²) in [6, 6.07) is 0.674. The Balaban J connectivity index is 1.95. The second kappa shape index (κ2) is 5.40. The number of hydrogen-bond donors (Lipinski definition) is 0. The van der Waals surface area contributed by atoms with Crippen molar-refractivity contribution in [3.63, 3.8) is 0 Å². The first kappa shape index (κ1) is 14.8. The molecular formula is C13H24N2O3S. The molecule has 5 nitrogen and oxygen atoms in total. The largest absolute Gasteiger partial charge is 0.337 e. The third kappa shape index (κ3) is 3.48. The van der Waals surface area contributed by atoms with E-state index in [4.69, 9.17) is 0 Å². The minimum absolute atomic E-state index is 0.000926. The fourth-order valence-corrected chi connectivity index (χ4v) is 3.73. The van der Waals surface area contributed by atoms with Gasteiger partial charge in [-0.05, 0) is 39.5 Å². The molecule has 2 rings (SSSR count). The van der Waals surface area contributed by atoms with Gasteiger partial charge < -0.3 is 4.90 Å². The minimum atomic E-state index is -3.11. The van der Waals surface area contributed by atoms with Gasteiger partial charge in [0.2, 0.25) is 15.9 Å². The molecule has 2 fully saturated rings. The standard InChI is InChI=1S/C13H24N2O3S/c1-10(2)15(12-4-5-12)13(16)11-6-8-14(9-7-11)19(3,17)18/h10-12H,4-9H2,1-3H3. The first-order valence-electron chi connectivity index (χ1n) is 7.08. The first-order valence-corrected chi connectivity index (χ1v) is 8.93. The number of carbonyl (C=O) groups excluding carboxylic acids is 1. The van der Waals surface area contributed by atoms with Gasteiger partial charge in [-0.1, -0.05) is 0 Å². The van der Waals surface area contributed by atoms with E-state index in [-0.39, 0.29) is 17.9 Å². The first-order chi connectivity index (χ1) is 8.80. The van der Waals surface area contributed by atoms with Crippen LogP contribution in [-0.2, 0) is 14.8 Å². The quantitative estimate of drug-likeness (QED) is 0.777. The summed E-state index contributed by atoms with van der Waals surface area (Å²) in [5.41, 5.74) is 0. The Hall–Kier alpha value is -0.620. The van der Waals surface area contributed by atoms with Gasteiger partial charge in [-0.2, -0.15) is 0 Å². The van der Waals surface area contributed by atoms with Crippen LogP contribution in [0.15, 0.2) is 0 Å². The summed E-state index contributed by atoms with van der Waals surface area (Å²) in [5, 5.41) is 0. The van der Waals surface area contributed by atoms with E-state index in [1.807, 2.05) is 4.90 Å². The molecule has 0 unspecified atom stereocenters. The molecular weight excluding hydrogens is 264 g/mol. The second-order valence-electron chi connectivity index (χ2n) is 6.01. The van der Waals surface area contributed by atoms with E-state index in [2.05, 4.69) is 13.8 Å². The predicted octanol–water partition coefficient (Wildman–Crippen LogP) is 1.06. The van der Waals surface area contributed by atoms with Crippen LogP contribution in [0.25, 0.3) is 0 Å². The summed E-state index contributed by atoms with van der Waals surface area (Å²) in [5.74, 6) is 0.228. The molecule has 1 amide bonds. The summed E-state index contributed by atoms with van der Waals surface area (Å²) in [4.78, 5) is 14.6. The van der Waals surface area contributed by atoms with Crippen molar-refractivity contribution in [3.8, 4) is 0 Å². The molecule has 1 saturated carbocycles. The van der Waals surface area contributed by atoms with Gasteiger partial charge >= 0.3 is 0 Å². The lowest BCUT2D eigenvalue weighted by Gasteiger charge is -2.35. The summed E-state index contributed by atoms with van der Waals surface area (Å²) in [6.45, 7) is 5.07. The molecule has 110 valence electrons. The highest BCUT2D eigenvalue weighted by Gasteiger charge is 2.38. The number of carbonyl (C=O) groups is 1. The average molecular weight is 288 g/mol. The molecule has 6 heteroatoms. The van der Waals surface area contributed by atoms with Crippen molar-refractivity contribution in [1.29, 1.82) is 0 Å². The van der Waals surface area contributed by atoms with Crippen molar-refractivity contribution in [2.24, 2.45) is 5.92 Å². The maximum absolute atomic E-state index is 12.5. The summed E-state index contributed by atoms with van der Waals surface area (Å²) >= 11 is 0. The Bertz CT molecular complexity index is 433. The van der Waals surface area contributed by atoms with Crippen molar-refractivity contribution >= 4 is 15.9 Å². The number of piperidine rings is 1. The molecule has 19 heavy (non-hydrogen) atoms. The highest BCUT2D eigenvalue weighted by Crippen LogP contribution is 2.32. The van der Waals surface area contributed by atoms with E-state index in [0.29, 0.717) is 32.0 Å². The zero-order chi connectivity index (χ0) is 14.2. The van der Waals surface area contributed by atoms with Crippen LogP contribution in [-0.4, -0.2) is 55.0 Å². The molecule has 2 aliphatic rings. The lowest BCUT2D eigenvalue weighted by molar-refractivity contribution is -0.139. The van der Waals surface area contributed by atoms with Crippen LogP contribution in [0.3, 0.4) is 0 Å². The zero-order valence-electron chi connectivity index (χ0n) is 12.0. The topological polar surface area (TPSA) is 57.7 Å². The van der Waals surface area contributed by atoms with Crippen molar-refractivity contribution in [2.75, 3.05) is 19.3 Å². The third-order valence-corrected chi connectivity index (χ3v) is 5.33. The van der Waals surface area contributed by atoms with Gasteiger partial charge in [-0.15, -0.1) is 0 Å². The molecule has 0 radical (unpaired) electrons. The highest BCUT2D eigenvalue weighted by molar-refractivity contribution is 7.88. The van der Waals surface area contributed by atoms with Gasteiger partial charge in [-0.3, -0.25) is 4.79 Å². The van der Waals surface area contributed by atoms with Gasteiger partial charge in [-0.25, -0.2) is 12.7 Å². The Kier molecular flexibility index (Phi) is 4.20. The molecule has 0 N–H and O–H groups in total. The van der Waals surface area contributed by atoms with E-state index in [1.54, 1.807) is 0 Å². The van der Waals surface area contributed by atoms with Gasteiger partial charge in [0.05, 0.1) is 6.26 Å². The number of hydrogen-bond acceptors (Lipinski definition) is 3. The normalized spacial score (nSPS) is 22.7. The maximum atomic E-state index is 12.5. The van der Waals surface area contributed by atoms with Crippen LogP contribution in [0.2, 0.25) is 0 Å². The van der Waals surface area contributed by atoms with E-state index in [9.17, 15) is 13.2 Å². The number of nitrogens with zero attached hydrogens (tertiary/aromatic N) is 2. The molecule has 0 aromatic heterocycles. The number of sulfonamides is 1. The van der Waals surface area contributed by atoms with Crippen LogP contribution in [0.4, 0.5) is 0 Å². The smallest absolute Gasteiger partial charge is 0.226 e. The van der Waals surface area contributed by atoms with E-state index < -0.39 is 10.0 Å². The van der Waals surface area contributed by atoms with Crippen LogP contribution in [0.5, 0.6) is 0 Å². The monoisotopic (exact) mass is 288 g/mol. The molecule has 0 spiro atoms. The Morgan fingerprint density at radius 2 is 1.68 bits per heavy atom. The van der Waals surface area contributed by atoms with E-state index in [0.717, 1.165) is 12.8 Å². The SMILES string of the molecule is CC(C)N(C(=O)C1CCN(S(C)(=O)=O)CC1)C1CC1. The van der Waals surface area contributed by atoms with E-state index >= 15 is 0 Å². The van der Waals surface area contributed by atoms with Gasteiger partial charge in [0.15, 0.2) is 0 Å². The van der Waals surface area contributed by atoms with Crippen LogP contribution in [0.1, 0.15) is 39.5 Å². The fraction of sp³-hybridized carbons (Fsp3) is 0.923. The van der Waals surface area contributed by atoms with Gasteiger partial charge in [0.25, 0.3) is 0 Å². The third-order valence-electron chi connectivity index (χ3n) is 4.02. The van der Waals surface area contributed by atoms with Crippen LogP contribution < -0.4 is 0 Å². The van der Waals surface area contributed by atoms with Crippen molar-refractivity contribution in [1.82, 2.24) is 9.21 Å². The van der Waals surface area contributed by atoms with Crippen molar-refractivity contribution < 1.29 is 13.2 Å². The molecule has 1 aliphatic heterocycles. The summed E-state index contributed by atoms with van der Waals surface area (Å²) in [6.07, 6.45) is 4.78. The molecule has 1 aliphatic carbocycles. The zero-order valence-corrected chi connectivity index (χ0v) is 12.8. The number of amides is 1. The fourth-order valence-electron chi connectivity index (χ4n) is 2.85. The van der Waals surface area contributed by atoms with Crippen molar-refractivity contribution in [2.45, 2.75) is 51.6 Å². The summed E-state index contributed by atoms with van der Waals surface area (Å²) < 4.78 is 24.4. The molecule has 0 aromatic carbocycles. The number of rotatable bonds is 4.